The number of hydrogen-bond acceptors (Lipinski definition) is 5. The summed E-state index contributed by atoms with van der Waals surface area (Å²) in [7, 11) is 0. The zero-order chi connectivity index (χ0) is 17.9. The quantitative estimate of drug-likeness (QED) is 0.835. The minimum atomic E-state index is 0.201. The van der Waals surface area contributed by atoms with Gasteiger partial charge in [-0.25, -0.2) is 4.98 Å². The van der Waals surface area contributed by atoms with Gasteiger partial charge in [0.05, 0.1) is 0 Å². The van der Waals surface area contributed by atoms with Crippen LogP contribution in [-0.4, -0.2) is 24.0 Å². The van der Waals surface area contributed by atoms with Crippen LogP contribution in [0.1, 0.15) is 60.2 Å². The third-order valence-electron chi connectivity index (χ3n) is 5.14. The first-order chi connectivity index (χ1) is 12.7. The van der Waals surface area contributed by atoms with E-state index in [1.807, 2.05) is 11.1 Å². The number of nitrogens with zero attached hydrogens (tertiary/aromatic N) is 2. The molecule has 2 saturated heterocycles. The van der Waals surface area contributed by atoms with Crippen LogP contribution in [0.25, 0.3) is 0 Å². The first-order valence-corrected chi connectivity index (χ1v) is 10.2. The molecule has 6 heteroatoms. The standard InChI is InChI=1S/C20H25N3O2S/c1-14(15-6-8-16(9-7-15)23-10-2-5-19(23)24)21-12-17-13-22-20(26-17)18-4-3-11-25-18/h6-9,13-14,18,21H,2-5,10-12H2,1H3/t14-,18-/m0/s1. The van der Waals surface area contributed by atoms with Crippen LogP contribution in [0.3, 0.4) is 0 Å². The first kappa shape index (κ1) is 17.6. The van der Waals surface area contributed by atoms with Crippen LogP contribution in [0.15, 0.2) is 30.5 Å². The average molecular weight is 372 g/mol. The SMILES string of the molecule is C[C@H](NCc1cnc([C@@H]2CCCO2)s1)c1ccc(N2CCCC2=O)cc1. The minimum absolute atomic E-state index is 0.201. The van der Waals surface area contributed by atoms with Crippen molar-refractivity contribution in [3.05, 3.63) is 45.9 Å². The minimum Gasteiger partial charge on any atom is -0.371 e. The molecule has 2 aliphatic heterocycles. The molecule has 2 aromatic rings. The molecule has 1 aromatic carbocycles. The molecule has 0 unspecified atom stereocenters. The molecule has 2 aliphatic rings. The van der Waals surface area contributed by atoms with E-state index in [2.05, 4.69) is 41.5 Å². The van der Waals surface area contributed by atoms with Crippen molar-refractivity contribution in [1.29, 1.82) is 0 Å². The van der Waals surface area contributed by atoms with Gasteiger partial charge in [0.1, 0.15) is 11.1 Å². The highest BCUT2D eigenvalue weighted by atomic mass is 32.1. The Hall–Kier alpha value is -1.76. The van der Waals surface area contributed by atoms with E-state index < -0.39 is 0 Å². The highest BCUT2D eigenvalue weighted by Crippen LogP contribution is 2.31. The number of anilines is 1. The van der Waals surface area contributed by atoms with Crippen molar-refractivity contribution in [2.75, 3.05) is 18.1 Å². The Morgan fingerprint density at radius 1 is 1.35 bits per heavy atom. The Balaban J connectivity index is 1.33. The van der Waals surface area contributed by atoms with Crippen molar-refractivity contribution >= 4 is 22.9 Å². The molecule has 0 bridgehead atoms. The lowest BCUT2D eigenvalue weighted by atomic mass is 10.1. The molecule has 0 spiro atoms. The molecule has 1 N–H and O–H groups in total. The monoisotopic (exact) mass is 371 g/mol. The fraction of sp³-hybridized carbons (Fsp3) is 0.500. The molecule has 2 fully saturated rings. The Morgan fingerprint density at radius 3 is 2.88 bits per heavy atom. The van der Waals surface area contributed by atoms with Gasteiger partial charge in [-0.1, -0.05) is 12.1 Å². The number of carbonyl (C=O) groups is 1. The summed E-state index contributed by atoms with van der Waals surface area (Å²) in [5.74, 6) is 0.233. The summed E-state index contributed by atoms with van der Waals surface area (Å²) in [6.45, 7) is 4.66. The maximum atomic E-state index is 11.9. The van der Waals surface area contributed by atoms with E-state index in [0.717, 1.165) is 49.7 Å². The Labute approximate surface area is 158 Å². The summed E-state index contributed by atoms with van der Waals surface area (Å²) in [6.07, 6.45) is 6.01. The lowest BCUT2D eigenvalue weighted by molar-refractivity contribution is -0.117. The molecule has 5 nitrogen and oxygen atoms in total. The molecule has 3 heterocycles. The van der Waals surface area contributed by atoms with Gasteiger partial charge in [0.25, 0.3) is 0 Å². The van der Waals surface area contributed by atoms with E-state index in [-0.39, 0.29) is 18.1 Å². The number of nitrogens with one attached hydrogen (secondary N) is 1. The maximum absolute atomic E-state index is 11.9. The number of ether oxygens (including phenoxy) is 1. The van der Waals surface area contributed by atoms with Crippen LogP contribution in [0.5, 0.6) is 0 Å². The highest BCUT2D eigenvalue weighted by molar-refractivity contribution is 7.11. The number of hydrogen-bond donors (Lipinski definition) is 1. The summed E-state index contributed by atoms with van der Waals surface area (Å²) < 4.78 is 5.71. The van der Waals surface area contributed by atoms with E-state index in [1.54, 1.807) is 11.3 Å². The molecule has 2 atom stereocenters. The van der Waals surface area contributed by atoms with Crippen LogP contribution in [0, 0.1) is 0 Å². The van der Waals surface area contributed by atoms with Gasteiger partial charge in [0.2, 0.25) is 5.91 Å². The number of aromatic nitrogens is 1. The summed E-state index contributed by atoms with van der Waals surface area (Å²) in [6, 6.07) is 8.58. The van der Waals surface area contributed by atoms with E-state index in [4.69, 9.17) is 4.74 Å². The molecule has 1 amide bonds. The van der Waals surface area contributed by atoms with Crippen LogP contribution in [0.4, 0.5) is 5.69 Å². The largest absolute Gasteiger partial charge is 0.371 e. The molecule has 26 heavy (non-hydrogen) atoms. The summed E-state index contributed by atoms with van der Waals surface area (Å²) >= 11 is 1.74. The molecule has 0 radical (unpaired) electrons. The van der Waals surface area contributed by atoms with Gasteiger partial charge < -0.3 is 15.0 Å². The number of benzene rings is 1. The van der Waals surface area contributed by atoms with Crippen LogP contribution in [-0.2, 0) is 16.1 Å². The molecule has 0 aliphatic carbocycles. The number of rotatable bonds is 6. The second-order valence-electron chi connectivity index (χ2n) is 7.01. The zero-order valence-electron chi connectivity index (χ0n) is 15.1. The average Bonchev–Trinajstić information content (AvgIpc) is 3.41. The molecule has 1 aromatic heterocycles. The van der Waals surface area contributed by atoms with Gasteiger partial charge in [-0.15, -0.1) is 11.3 Å². The van der Waals surface area contributed by atoms with Crippen LogP contribution >= 0.6 is 11.3 Å². The van der Waals surface area contributed by atoms with Gasteiger partial charge in [0, 0.05) is 48.9 Å². The van der Waals surface area contributed by atoms with E-state index >= 15 is 0 Å². The number of thiazole rings is 1. The van der Waals surface area contributed by atoms with Crippen molar-refractivity contribution < 1.29 is 9.53 Å². The smallest absolute Gasteiger partial charge is 0.227 e. The fourth-order valence-electron chi connectivity index (χ4n) is 3.56. The van der Waals surface area contributed by atoms with E-state index in [9.17, 15) is 4.79 Å². The van der Waals surface area contributed by atoms with Crippen molar-refractivity contribution in [2.24, 2.45) is 0 Å². The normalized spacial score (nSPS) is 21.5. The van der Waals surface area contributed by atoms with Gasteiger partial charge in [0.15, 0.2) is 0 Å². The molecule has 138 valence electrons. The van der Waals surface area contributed by atoms with Crippen molar-refractivity contribution in [2.45, 2.75) is 51.3 Å². The third kappa shape index (κ3) is 3.82. The maximum Gasteiger partial charge on any atom is 0.227 e. The lowest BCUT2D eigenvalue weighted by Gasteiger charge is -2.18. The van der Waals surface area contributed by atoms with Gasteiger partial charge >= 0.3 is 0 Å². The number of carbonyl (C=O) groups excluding carboxylic acids is 1. The van der Waals surface area contributed by atoms with Gasteiger partial charge in [-0.2, -0.15) is 0 Å². The predicted molar refractivity (Wildman–Crippen MR) is 103 cm³/mol. The molecular formula is C20H25N3O2S. The summed E-state index contributed by atoms with van der Waals surface area (Å²) in [4.78, 5) is 19.5. The Morgan fingerprint density at radius 2 is 2.19 bits per heavy atom. The van der Waals surface area contributed by atoms with Crippen LogP contribution in [0.2, 0.25) is 0 Å². The molecule has 0 saturated carbocycles. The fourth-order valence-corrected chi connectivity index (χ4v) is 4.51. The second kappa shape index (κ2) is 7.86. The summed E-state index contributed by atoms with van der Waals surface area (Å²) in [5, 5.41) is 4.67. The third-order valence-corrected chi connectivity index (χ3v) is 6.23. The topological polar surface area (TPSA) is 54.5 Å². The highest BCUT2D eigenvalue weighted by Gasteiger charge is 2.22. The van der Waals surface area contributed by atoms with Gasteiger partial charge in [-0.3, -0.25) is 4.79 Å². The summed E-state index contributed by atoms with van der Waals surface area (Å²) in [5.41, 5.74) is 2.23. The van der Waals surface area contributed by atoms with Crippen molar-refractivity contribution in [3.8, 4) is 0 Å². The van der Waals surface area contributed by atoms with Crippen molar-refractivity contribution in [3.63, 3.8) is 0 Å². The Bertz CT molecular complexity index is 753. The lowest BCUT2D eigenvalue weighted by Crippen LogP contribution is -2.23. The van der Waals surface area contributed by atoms with Crippen molar-refractivity contribution in [1.82, 2.24) is 10.3 Å². The van der Waals surface area contributed by atoms with Gasteiger partial charge in [-0.05, 0) is 43.9 Å². The second-order valence-corrected chi connectivity index (χ2v) is 8.16. The predicted octanol–water partition coefficient (Wildman–Crippen LogP) is 3.97. The zero-order valence-corrected chi connectivity index (χ0v) is 15.9. The molecule has 4 rings (SSSR count). The van der Waals surface area contributed by atoms with E-state index in [1.165, 1.54) is 10.4 Å². The molecular weight excluding hydrogens is 346 g/mol. The number of amides is 1. The van der Waals surface area contributed by atoms with E-state index in [0.29, 0.717) is 6.42 Å². The Kier molecular flexibility index (Phi) is 5.33. The first-order valence-electron chi connectivity index (χ1n) is 9.40. The van der Waals surface area contributed by atoms with Crippen LogP contribution < -0.4 is 10.2 Å².